The Kier molecular flexibility index (Phi) is 4.94. The maximum atomic E-state index is 13.5. The van der Waals surface area contributed by atoms with Crippen LogP contribution in [0.1, 0.15) is 43.5 Å². The van der Waals surface area contributed by atoms with Gasteiger partial charge in [-0.2, -0.15) is 13.2 Å². The number of aliphatic hydroxyl groups excluding tert-OH is 1. The van der Waals surface area contributed by atoms with Gasteiger partial charge in [-0.25, -0.2) is 4.98 Å². The lowest BCUT2D eigenvalue weighted by molar-refractivity contribution is -0.145. The Morgan fingerprint density at radius 2 is 1.93 bits per heavy atom. The molecule has 0 spiro atoms. The number of rotatable bonds is 3. The average Bonchev–Trinajstić information content (AvgIpc) is 3.09. The fourth-order valence-corrected chi connectivity index (χ4v) is 4.97. The molecule has 5 nitrogen and oxygen atoms in total. The number of aromatic nitrogens is 4. The Bertz CT molecular complexity index is 1000. The molecule has 0 radical (unpaired) electrons. The molecule has 0 bridgehead atoms. The molecule has 1 aliphatic carbocycles. The van der Waals surface area contributed by atoms with Crippen LogP contribution in [-0.4, -0.2) is 29.9 Å². The number of halogens is 4. The van der Waals surface area contributed by atoms with Gasteiger partial charge in [0, 0.05) is 15.8 Å². The number of fused-ring (bicyclic) bond motifs is 3. The summed E-state index contributed by atoms with van der Waals surface area (Å²) in [5, 5.41) is 17.7. The van der Waals surface area contributed by atoms with Gasteiger partial charge in [0.05, 0.1) is 17.6 Å². The zero-order chi connectivity index (χ0) is 19.2. The molecule has 27 heavy (non-hydrogen) atoms. The first-order chi connectivity index (χ1) is 12.9. The third kappa shape index (κ3) is 3.48. The number of nitrogens with zero attached hydrogens (tertiary/aromatic N) is 4. The van der Waals surface area contributed by atoms with Crippen molar-refractivity contribution in [2.24, 2.45) is 0 Å². The molecule has 0 amide bonds. The van der Waals surface area contributed by atoms with E-state index < -0.39 is 12.0 Å². The summed E-state index contributed by atoms with van der Waals surface area (Å²) in [5.41, 5.74) is 0.841. The molecule has 0 aliphatic heterocycles. The van der Waals surface area contributed by atoms with E-state index in [1.165, 1.54) is 30.3 Å². The lowest BCUT2D eigenvalue weighted by atomic mass is 10.0. The lowest BCUT2D eigenvalue weighted by Crippen LogP contribution is -2.13. The highest BCUT2D eigenvalue weighted by molar-refractivity contribution is 8.00. The van der Waals surface area contributed by atoms with Gasteiger partial charge in [-0.15, -0.1) is 10.2 Å². The van der Waals surface area contributed by atoms with E-state index in [0.717, 1.165) is 30.1 Å². The van der Waals surface area contributed by atoms with Crippen molar-refractivity contribution in [1.82, 2.24) is 19.6 Å². The minimum Gasteiger partial charge on any atom is -0.392 e. The zero-order valence-electron chi connectivity index (χ0n) is 14.1. The molecule has 10 heteroatoms. The van der Waals surface area contributed by atoms with Gasteiger partial charge in [0.1, 0.15) is 5.03 Å². The average molecular weight is 417 g/mol. The summed E-state index contributed by atoms with van der Waals surface area (Å²) in [4.78, 5) is 4.56. The minimum absolute atomic E-state index is 0.0663. The zero-order valence-corrected chi connectivity index (χ0v) is 15.7. The van der Waals surface area contributed by atoms with Crippen molar-refractivity contribution in [3.05, 3.63) is 28.5 Å². The molecule has 144 valence electrons. The van der Waals surface area contributed by atoms with Crippen molar-refractivity contribution in [3.8, 4) is 0 Å². The van der Waals surface area contributed by atoms with Crippen LogP contribution in [0.15, 0.2) is 17.2 Å². The molecule has 1 fully saturated rings. The number of thioether (sulfide) groups is 1. The number of aliphatic hydroxyl groups is 1. The van der Waals surface area contributed by atoms with Crippen molar-refractivity contribution >= 4 is 40.0 Å². The van der Waals surface area contributed by atoms with Gasteiger partial charge in [0.2, 0.25) is 5.82 Å². The summed E-state index contributed by atoms with van der Waals surface area (Å²) >= 11 is 7.49. The Labute approximate surface area is 161 Å². The lowest BCUT2D eigenvalue weighted by Gasteiger charge is -2.21. The normalized spacial score (nSPS) is 16.5. The second-order valence-electron chi connectivity index (χ2n) is 6.57. The van der Waals surface area contributed by atoms with Crippen LogP contribution >= 0.6 is 23.4 Å². The van der Waals surface area contributed by atoms with Crippen molar-refractivity contribution in [2.75, 3.05) is 0 Å². The van der Waals surface area contributed by atoms with E-state index >= 15 is 0 Å². The third-order valence-electron chi connectivity index (χ3n) is 4.70. The first-order valence-electron chi connectivity index (χ1n) is 8.60. The Morgan fingerprint density at radius 3 is 2.59 bits per heavy atom. The largest absolute Gasteiger partial charge is 0.452 e. The third-order valence-corrected chi connectivity index (χ3v) is 6.22. The molecule has 1 aliphatic rings. The molecule has 1 saturated carbocycles. The smallest absolute Gasteiger partial charge is 0.392 e. The van der Waals surface area contributed by atoms with Crippen LogP contribution < -0.4 is 0 Å². The van der Waals surface area contributed by atoms with Crippen molar-refractivity contribution in [2.45, 2.75) is 55.2 Å². The summed E-state index contributed by atoms with van der Waals surface area (Å²) in [6.45, 7) is -0.382. The van der Waals surface area contributed by atoms with Crippen molar-refractivity contribution < 1.29 is 18.3 Å². The molecule has 4 rings (SSSR count). The quantitative estimate of drug-likeness (QED) is 0.660. The fraction of sp³-hybridized carbons (Fsp3) is 0.471. The monoisotopic (exact) mass is 416 g/mol. The minimum atomic E-state index is -4.68. The van der Waals surface area contributed by atoms with Crippen molar-refractivity contribution in [3.63, 3.8) is 0 Å². The molecule has 0 saturated heterocycles. The Morgan fingerprint density at radius 1 is 1.19 bits per heavy atom. The van der Waals surface area contributed by atoms with E-state index in [9.17, 15) is 18.3 Å². The van der Waals surface area contributed by atoms with Crippen LogP contribution in [0.2, 0.25) is 5.02 Å². The van der Waals surface area contributed by atoms with Gasteiger partial charge in [-0.1, -0.05) is 42.6 Å². The highest BCUT2D eigenvalue weighted by Gasteiger charge is 2.38. The SMILES string of the molecule is OCc1cc(Cl)cc2c1nc(SC1CCCCC1)c1nnc(C(F)(F)F)n12. The summed E-state index contributed by atoms with van der Waals surface area (Å²) in [7, 11) is 0. The Balaban J connectivity index is 1.99. The van der Waals surface area contributed by atoms with Gasteiger partial charge in [-0.3, -0.25) is 4.40 Å². The van der Waals surface area contributed by atoms with E-state index in [1.807, 2.05) is 0 Å². The van der Waals surface area contributed by atoms with Crippen LogP contribution in [0.3, 0.4) is 0 Å². The molecule has 1 N–H and O–H groups in total. The topological polar surface area (TPSA) is 63.3 Å². The van der Waals surface area contributed by atoms with E-state index in [-0.39, 0.29) is 33.6 Å². The maximum Gasteiger partial charge on any atom is 0.452 e. The van der Waals surface area contributed by atoms with Gasteiger partial charge >= 0.3 is 6.18 Å². The summed E-state index contributed by atoms with van der Waals surface area (Å²) in [6, 6.07) is 2.90. The maximum absolute atomic E-state index is 13.5. The Hall–Kier alpha value is -1.58. The van der Waals surface area contributed by atoms with Gasteiger partial charge in [-0.05, 0) is 25.0 Å². The predicted octanol–water partition coefficient (Wildman–Crippen LogP) is 4.87. The summed E-state index contributed by atoms with van der Waals surface area (Å²) in [5.74, 6) is -1.12. The highest BCUT2D eigenvalue weighted by Crippen LogP contribution is 2.38. The van der Waals surface area contributed by atoms with Crippen LogP contribution in [-0.2, 0) is 12.8 Å². The first-order valence-corrected chi connectivity index (χ1v) is 9.86. The standard InChI is InChI=1S/C17H16ClF3N4OS/c18-10-6-9(8-26)13-12(7-10)25-14(23-24-16(25)17(19,20)21)15(22-13)27-11-4-2-1-3-5-11/h6-7,11,26H,1-5,8H2. The summed E-state index contributed by atoms with van der Waals surface area (Å²) < 4.78 is 41.5. The second-order valence-corrected chi connectivity index (χ2v) is 8.29. The van der Waals surface area contributed by atoms with E-state index in [2.05, 4.69) is 15.2 Å². The number of hydrogen-bond acceptors (Lipinski definition) is 5. The van der Waals surface area contributed by atoms with E-state index in [4.69, 9.17) is 11.6 Å². The van der Waals surface area contributed by atoms with Gasteiger partial charge in [0.25, 0.3) is 0 Å². The summed E-state index contributed by atoms with van der Waals surface area (Å²) in [6.07, 6.45) is 0.670. The van der Waals surface area contributed by atoms with E-state index in [0.29, 0.717) is 10.6 Å². The van der Waals surface area contributed by atoms with Gasteiger partial charge in [0.15, 0.2) is 5.65 Å². The predicted molar refractivity (Wildman–Crippen MR) is 97.0 cm³/mol. The van der Waals surface area contributed by atoms with Gasteiger partial charge < -0.3 is 5.11 Å². The number of alkyl halides is 3. The molecule has 1 aromatic carbocycles. The van der Waals surface area contributed by atoms with Crippen LogP contribution in [0, 0.1) is 0 Å². The number of benzene rings is 1. The second kappa shape index (κ2) is 7.10. The molecular weight excluding hydrogens is 401 g/mol. The molecule has 0 atom stereocenters. The van der Waals surface area contributed by atoms with Crippen LogP contribution in [0.25, 0.3) is 16.7 Å². The van der Waals surface area contributed by atoms with E-state index in [1.54, 1.807) is 0 Å². The molecule has 0 unspecified atom stereocenters. The molecular formula is C17H16ClF3N4OS. The molecule has 3 aromatic rings. The van der Waals surface area contributed by atoms with Crippen molar-refractivity contribution in [1.29, 1.82) is 0 Å². The highest BCUT2D eigenvalue weighted by atomic mass is 35.5. The van der Waals surface area contributed by atoms with Crippen LogP contribution in [0.5, 0.6) is 0 Å². The molecule has 2 heterocycles. The molecule has 2 aromatic heterocycles. The fourth-order valence-electron chi connectivity index (χ4n) is 3.47. The number of hydrogen-bond donors (Lipinski definition) is 1. The first kappa shape index (κ1) is 18.8. The van der Waals surface area contributed by atoms with Crippen LogP contribution in [0.4, 0.5) is 13.2 Å².